The van der Waals surface area contributed by atoms with Crippen LogP contribution in [0.15, 0.2) is 71.5 Å². The topological polar surface area (TPSA) is 89.0 Å². The first-order valence-corrected chi connectivity index (χ1v) is 13.3. The summed E-state index contributed by atoms with van der Waals surface area (Å²) in [6.07, 6.45) is 3.61. The minimum atomic E-state index is -1.00. The van der Waals surface area contributed by atoms with Crippen molar-refractivity contribution in [3.8, 4) is 11.1 Å². The first-order valence-electron chi connectivity index (χ1n) is 12.5. The summed E-state index contributed by atoms with van der Waals surface area (Å²) in [7, 11) is 0. The molecule has 1 N–H and O–H groups in total. The van der Waals surface area contributed by atoms with Crippen LogP contribution in [-0.2, 0) is 19.9 Å². The Bertz CT molecular complexity index is 1310. The lowest BCUT2D eigenvalue weighted by Crippen LogP contribution is -2.58. The third-order valence-electron chi connectivity index (χ3n) is 8.09. The Labute approximate surface area is 223 Å². The van der Waals surface area contributed by atoms with E-state index in [9.17, 15) is 14.7 Å². The molecule has 37 heavy (non-hydrogen) atoms. The molecule has 3 aromatic rings. The number of ether oxygens (including phenoxy) is 2. The molecule has 1 amide bonds. The summed E-state index contributed by atoms with van der Waals surface area (Å²) in [6.45, 7) is 1.08. The van der Waals surface area contributed by atoms with Gasteiger partial charge in [0, 0.05) is 36.2 Å². The van der Waals surface area contributed by atoms with E-state index in [0.717, 1.165) is 12.0 Å². The number of carboxylic acids is 1. The van der Waals surface area contributed by atoms with E-state index < -0.39 is 11.6 Å². The number of hydrogen-bond donors (Lipinski definition) is 1. The van der Waals surface area contributed by atoms with E-state index in [0.29, 0.717) is 37.1 Å². The van der Waals surface area contributed by atoms with Crippen LogP contribution in [0.4, 0.5) is 4.79 Å². The predicted molar refractivity (Wildman–Crippen MR) is 140 cm³/mol. The largest absolute Gasteiger partial charge is 0.480 e. The van der Waals surface area contributed by atoms with Crippen molar-refractivity contribution >= 4 is 28.0 Å². The number of halogens is 1. The lowest BCUT2D eigenvalue weighted by Gasteiger charge is -2.48. The van der Waals surface area contributed by atoms with Gasteiger partial charge in [-0.15, -0.1) is 0 Å². The second kappa shape index (κ2) is 9.26. The number of carbonyl (C=O) groups excluding carboxylic acids is 1. The molecule has 8 heteroatoms. The highest BCUT2D eigenvalue weighted by atomic mass is 79.9. The molecule has 1 saturated carbocycles. The van der Waals surface area contributed by atoms with Crippen molar-refractivity contribution in [2.75, 3.05) is 26.3 Å². The number of hydrogen-bond acceptors (Lipinski definition) is 5. The lowest BCUT2D eigenvalue weighted by atomic mass is 9.76. The fraction of sp³-hybridized carbons (Fsp3) is 0.345. The van der Waals surface area contributed by atoms with Crippen molar-refractivity contribution < 1.29 is 24.2 Å². The average molecular weight is 563 g/mol. The van der Waals surface area contributed by atoms with Crippen LogP contribution in [0.1, 0.15) is 41.9 Å². The number of rotatable bonds is 6. The summed E-state index contributed by atoms with van der Waals surface area (Å²) in [4.78, 5) is 30.4. The summed E-state index contributed by atoms with van der Waals surface area (Å²) < 4.78 is 12.5. The fourth-order valence-corrected chi connectivity index (χ4v) is 6.63. The quantitative estimate of drug-likeness (QED) is 0.395. The summed E-state index contributed by atoms with van der Waals surface area (Å²) >= 11 is 3.36. The molecule has 6 rings (SSSR count). The van der Waals surface area contributed by atoms with E-state index >= 15 is 0 Å². The fourth-order valence-electron chi connectivity index (χ4n) is 6.40. The minimum Gasteiger partial charge on any atom is -0.480 e. The molecular weight excluding hydrogens is 536 g/mol. The Morgan fingerprint density at radius 3 is 2.30 bits per heavy atom. The number of likely N-dealkylation sites (tertiary alicyclic amines) is 1. The van der Waals surface area contributed by atoms with Gasteiger partial charge in [-0.25, -0.2) is 14.6 Å². The van der Waals surface area contributed by atoms with Crippen molar-refractivity contribution in [1.29, 1.82) is 0 Å². The average Bonchev–Trinajstić information content (AvgIpc) is 3.43. The molecule has 2 heterocycles. The maximum absolute atomic E-state index is 13.0. The highest BCUT2D eigenvalue weighted by molar-refractivity contribution is 9.10. The van der Waals surface area contributed by atoms with E-state index in [2.05, 4.69) is 45.2 Å². The molecule has 1 aliphatic heterocycles. The van der Waals surface area contributed by atoms with Gasteiger partial charge in [0.05, 0.1) is 5.60 Å². The molecule has 1 spiro atoms. The van der Waals surface area contributed by atoms with Gasteiger partial charge < -0.3 is 19.5 Å². The van der Waals surface area contributed by atoms with Crippen LogP contribution in [0.5, 0.6) is 0 Å². The van der Waals surface area contributed by atoms with E-state index in [1.54, 1.807) is 11.1 Å². The Morgan fingerprint density at radius 2 is 1.68 bits per heavy atom. The van der Waals surface area contributed by atoms with Crippen molar-refractivity contribution in [1.82, 2.24) is 9.88 Å². The number of nitrogens with zero attached hydrogens (tertiary/aromatic N) is 2. The first kappa shape index (κ1) is 24.1. The maximum Gasteiger partial charge on any atom is 0.409 e. The zero-order chi connectivity index (χ0) is 25.6. The van der Waals surface area contributed by atoms with Crippen LogP contribution in [0, 0.1) is 5.41 Å². The second-order valence-corrected chi connectivity index (χ2v) is 11.2. The number of aromatic nitrogens is 1. The van der Waals surface area contributed by atoms with Gasteiger partial charge in [0.2, 0.25) is 0 Å². The van der Waals surface area contributed by atoms with Crippen LogP contribution in [0.3, 0.4) is 0 Å². The standard InChI is InChI=1S/C29H27BrN2O5/c30-25-10-9-19(13-31-25)29(37-15-26(33)34)12-11-28(16-29)17-32(18-28)27(35)36-14-24-22-7-3-1-5-20(22)21-6-2-4-8-23(21)24/h1-10,13,24H,11-12,14-18H2,(H,33,34). The van der Waals surface area contributed by atoms with Crippen molar-refractivity contribution in [3.63, 3.8) is 0 Å². The lowest BCUT2D eigenvalue weighted by molar-refractivity contribution is -0.151. The number of pyridine rings is 1. The van der Waals surface area contributed by atoms with Crippen molar-refractivity contribution in [3.05, 3.63) is 88.2 Å². The second-order valence-electron chi connectivity index (χ2n) is 10.4. The van der Waals surface area contributed by atoms with E-state index in [1.807, 2.05) is 36.4 Å². The minimum absolute atomic E-state index is 0.0278. The maximum atomic E-state index is 13.0. The summed E-state index contributed by atoms with van der Waals surface area (Å²) in [5.74, 6) is -0.973. The van der Waals surface area contributed by atoms with Crippen LogP contribution < -0.4 is 0 Å². The summed E-state index contributed by atoms with van der Waals surface area (Å²) in [5, 5.41) is 9.25. The first-order chi connectivity index (χ1) is 17.9. The van der Waals surface area contributed by atoms with Gasteiger partial charge >= 0.3 is 12.1 Å². The molecule has 1 atom stereocenters. The Balaban J connectivity index is 1.11. The number of amides is 1. The van der Waals surface area contributed by atoms with Crippen LogP contribution in [0.2, 0.25) is 0 Å². The Hall–Kier alpha value is -3.23. The van der Waals surface area contributed by atoms with Crippen molar-refractivity contribution in [2.24, 2.45) is 5.41 Å². The zero-order valence-corrected chi connectivity index (χ0v) is 21.8. The molecular formula is C29H27BrN2O5. The highest BCUT2D eigenvalue weighted by Gasteiger charge is 2.57. The third kappa shape index (κ3) is 4.32. The Kier molecular flexibility index (Phi) is 6.04. The molecule has 1 unspecified atom stereocenters. The third-order valence-corrected chi connectivity index (χ3v) is 8.56. The zero-order valence-electron chi connectivity index (χ0n) is 20.2. The molecule has 190 valence electrons. The molecule has 2 fully saturated rings. The Morgan fingerprint density at radius 1 is 1.00 bits per heavy atom. The SMILES string of the molecule is O=C(O)COC1(c2ccc(Br)nc2)CCC2(CN(C(=O)OCC3c4ccccc4-c4ccccc43)C2)C1. The van der Waals surface area contributed by atoms with Crippen molar-refractivity contribution in [2.45, 2.75) is 30.8 Å². The van der Waals surface area contributed by atoms with Gasteiger partial charge in [-0.05, 0) is 63.5 Å². The summed E-state index contributed by atoms with van der Waals surface area (Å²) in [6, 6.07) is 20.4. The molecule has 2 aromatic carbocycles. The number of carboxylic acid groups (broad SMARTS) is 1. The molecule has 7 nitrogen and oxygen atoms in total. The van der Waals surface area contributed by atoms with Crippen LogP contribution in [0.25, 0.3) is 11.1 Å². The predicted octanol–water partition coefficient (Wildman–Crippen LogP) is 5.58. The van der Waals surface area contributed by atoms with E-state index in [1.165, 1.54) is 22.3 Å². The molecule has 0 bridgehead atoms. The number of benzene rings is 2. The number of aliphatic carboxylic acids is 1. The molecule has 3 aliphatic rings. The number of carbonyl (C=O) groups is 2. The van der Waals surface area contributed by atoms with E-state index in [4.69, 9.17) is 9.47 Å². The number of fused-ring (bicyclic) bond motifs is 3. The normalized spacial score (nSPS) is 21.4. The van der Waals surface area contributed by atoms with Gasteiger partial charge in [0.25, 0.3) is 0 Å². The molecule has 0 radical (unpaired) electrons. The van der Waals surface area contributed by atoms with Gasteiger partial charge in [-0.3, -0.25) is 0 Å². The molecule has 1 saturated heterocycles. The molecule has 1 aromatic heterocycles. The summed E-state index contributed by atoms with van der Waals surface area (Å²) in [5.41, 5.74) is 4.82. The highest BCUT2D eigenvalue weighted by Crippen LogP contribution is 2.56. The van der Waals surface area contributed by atoms with Crippen LogP contribution in [-0.4, -0.2) is 53.4 Å². The monoisotopic (exact) mass is 562 g/mol. The van der Waals surface area contributed by atoms with Gasteiger partial charge in [-0.1, -0.05) is 54.6 Å². The van der Waals surface area contributed by atoms with Gasteiger partial charge in [0.1, 0.15) is 17.8 Å². The van der Waals surface area contributed by atoms with Gasteiger partial charge in [0.15, 0.2) is 0 Å². The molecule has 2 aliphatic carbocycles. The van der Waals surface area contributed by atoms with Crippen LogP contribution >= 0.6 is 15.9 Å². The van der Waals surface area contributed by atoms with Gasteiger partial charge in [-0.2, -0.15) is 0 Å². The smallest absolute Gasteiger partial charge is 0.409 e. The van der Waals surface area contributed by atoms with E-state index in [-0.39, 0.29) is 24.0 Å².